The van der Waals surface area contributed by atoms with Crippen molar-refractivity contribution < 1.29 is 8.83 Å². The molecule has 322 valence electrons. The summed E-state index contributed by atoms with van der Waals surface area (Å²) in [4.78, 5) is 15.0. The largest absolute Gasteiger partial charge is 0.456 e. The zero-order valence-corrected chi connectivity index (χ0v) is 37.0. The van der Waals surface area contributed by atoms with Gasteiger partial charge in [0.1, 0.15) is 22.3 Å². The van der Waals surface area contributed by atoms with Crippen LogP contribution in [0.2, 0.25) is 0 Å². The number of benzene rings is 10. The Balaban J connectivity index is 0.899. The summed E-state index contributed by atoms with van der Waals surface area (Å²) < 4.78 is 16.0. The summed E-state index contributed by atoms with van der Waals surface area (Å²) in [5, 5.41) is 6.63. The fourth-order valence-corrected chi connectivity index (χ4v) is 10.3. The van der Waals surface area contributed by atoms with Crippen molar-refractivity contribution in [2.75, 3.05) is 0 Å². The summed E-state index contributed by atoms with van der Waals surface area (Å²) in [5.41, 5.74) is 15.9. The third kappa shape index (κ3) is 6.38. The van der Waals surface area contributed by atoms with Gasteiger partial charge in [0.15, 0.2) is 17.5 Å². The molecule has 6 nitrogen and oxygen atoms in total. The second kappa shape index (κ2) is 15.6. The van der Waals surface area contributed by atoms with Gasteiger partial charge in [0.05, 0.1) is 22.1 Å². The fraction of sp³-hybridized carbons (Fsp3) is 0. The molecule has 0 saturated carbocycles. The quantitative estimate of drug-likeness (QED) is 0.159. The van der Waals surface area contributed by atoms with Crippen LogP contribution in [0.15, 0.2) is 239 Å². The van der Waals surface area contributed by atoms with Gasteiger partial charge in [0.2, 0.25) is 0 Å². The molecule has 0 aliphatic heterocycles. The maximum atomic E-state index is 6.83. The van der Waals surface area contributed by atoms with Crippen molar-refractivity contribution in [1.82, 2.24) is 19.5 Å². The Hall–Kier alpha value is -9.39. The first-order valence-corrected chi connectivity index (χ1v) is 23.2. The number of hydrogen-bond donors (Lipinski definition) is 0. The van der Waals surface area contributed by atoms with Crippen molar-refractivity contribution in [2.45, 2.75) is 0 Å². The highest BCUT2D eigenvalue weighted by atomic mass is 16.3. The summed E-state index contributed by atoms with van der Waals surface area (Å²) in [7, 11) is 0. The van der Waals surface area contributed by atoms with Crippen LogP contribution in [0.5, 0.6) is 0 Å². The summed E-state index contributed by atoms with van der Waals surface area (Å²) in [6, 6.07) is 80.3. The first kappa shape index (κ1) is 38.8. The third-order valence-electron chi connectivity index (χ3n) is 13.5. The van der Waals surface area contributed by atoms with Crippen molar-refractivity contribution in [2.24, 2.45) is 0 Å². The van der Waals surface area contributed by atoms with Crippen LogP contribution >= 0.6 is 0 Å². The molecule has 0 N–H and O–H groups in total. The maximum absolute atomic E-state index is 6.83. The summed E-state index contributed by atoms with van der Waals surface area (Å²) in [6.07, 6.45) is 0. The molecule has 0 saturated heterocycles. The Morgan fingerprint density at radius 3 is 1.61 bits per heavy atom. The predicted octanol–water partition coefficient (Wildman–Crippen LogP) is 16.8. The molecule has 69 heavy (non-hydrogen) atoms. The molecule has 0 fully saturated rings. The highest BCUT2D eigenvalue weighted by Gasteiger charge is 2.22. The zero-order chi connectivity index (χ0) is 45.4. The number of furan rings is 2. The van der Waals surface area contributed by atoms with Crippen LogP contribution < -0.4 is 0 Å². The van der Waals surface area contributed by atoms with Gasteiger partial charge in [-0.1, -0.05) is 170 Å². The first-order chi connectivity index (χ1) is 34.2. The van der Waals surface area contributed by atoms with Crippen LogP contribution in [0.1, 0.15) is 0 Å². The lowest BCUT2D eigenvalue weighted by Gasteiger charge is -2.11. The van der Waals surface area contributed by atoms with Gasteiger partial charge in [-0.15, -0.1) is 0 Å². The second-order valence-corrected chi connectivity index (χ2v) is 17.5. The van der Waals surface area contributed by atoms with Gasteiger partial charge in [-0.2, -0.15) is 0 Å². The molecule has 4 heterocycles. The molecule has 14 aromatic rings. The van der Waals surface area contributed by atoms with E-state index in [1.165, 1.54) is 21.9 Å². The maximum Gasteiger partial charge on any atom is 0.164 e. The van der Waals surface area contributed by atoms with Crippen LogP contribution in [0.4, 0.5) is 0 Å². The molecule has 0 spiro atoms. The SMILES string of the molecule is c1ccc(-c2ccc3c(c2)c2ccccc2n3-c2cccc3oc4cc(-c5ccc(-c6cccc(-c7nc(-c8ccccc8)nc(-c8ccccc8)n7)c6)c6c5oc5ccccc56)ccc4c23)cc1. The van der Waals surface area contributed by atoms with Gasteiger partial charge < -0.3 is 13.4 Å². The minimum atomic E-state index is 0.604. The van der Waals surface area contributed by atoms with Crippen LogP contribution in [0.25, 0.3) is 139 Å². The number of nitrogens with zero attached hydrogens (tertiary/aromatic N) is 4. The lowest BCUT2D eigenvalue weighted by Crippen LogP contribution is -2.00. The monoisotopic (exact) mass is 882 g/mol. The van der Waals surface area contributed by atoms with Crippen LogP contribution in [0.3, 0.4) is 0 Å². The Morgan fingerprint density at radius 2 is 0.841 bits per heavy atom. The van der Waals surface area contributed by atoms with E-state index in [9.17, 15) is 0 Å². The molecule has 6 heteroatoms. The smallest absolute Gasteiger partial charge is 0.164 e. The lowest BCUT2D eigenvalue weighted by molar-refractivity contribution is 0.668. The second-order valence-electron chi connectivity index (χ2n) is 17.5. The van der Waals surface area contributed by atoms with E-state index in [1.54, 1.807) is 0 Å². The molecule has 0 amide bonds. The summed E-state index contributed by atoms with van der Waals surface area (Å²) in [6.45, 7) is 0. The van der Waals surface area contributed by atoms with E-state index in [4.69, 9.17) is 23.8 Å². The average molecular weight is 883 g/mol. The highest BCUT2D eigenvalue weighted by molar-refractivity contribution is 6.18. The molecule has 10 aromatic carbocycles. The van der Waals surface area contributed by atoms with E-state index in [2.05, 4.69) is 162 Å². The predicted molar refractivity (Wildman–Crippen MR) is 281 cm³/mol. The summed E-state index contributed by atoms with van der Waals surface area (Å²) in [5.74, 6) is 1.85. The minimum absolute atomic E-state index is 0.604. The number of hydrogen-bond acceptors (Lipinski definition) is 5. The van der Waals surface area contributed by atoms with E-state index < -0.39 is 0 Å². The summed E-state index contributed by atoms with van der Waals surface area (Å²) >= 11 is 0. The number of rotatable bonds is 7. The molecular formula is C63H38N4O2. The molecule has 0 bridgehead atoms. The number of fused-ring (bicyclic) bond motifs is 9. The average Bonchev–Trinajstić information content (AvgIpc) is 4.11. The van der Waals surface area contributed by atoms with E-state index in [1.807, 2.05) is 72.8 Å². The van der Waals surface area contributed by atoms with Gasteiger partial charge >= 0.3 is 0 Å². The normalized spacial score (nSPS) is 11.8. The van der Waals surface area contributed by atoms with Crippen molar-refractivity contribution in [3.05, 3.63) is 231 Å². The van der Waals surface area contributed by atoms with Gasteiger partial charge in [0, 0.05) is 49.2 Å². The minimum Gasteiger partial charge on any atom is -0.456 e. The Morgan fingerprint density at radius 1 is 0.290 bits per heavy atom. The molecular weight excluding hydrogens is 845 g/mol. The molecule has 0 atom stereocenters. The molecule has 0 aliphatic rings. The van der Waals surface area contributed by atoms with E-state index in [-0.39, 0.29) is 0 Å². The lowest BCUT2D eigenvalue weighted by atomic mass is 9.93. The molecule has 14 rings (SSSR count). The number of para-hydroxylation sites is 2. The molecule has 0 radical (unpaired) electrons. The van der Waals surface area contributed by atoms with Crippen molar-refractivity contribution in [3.63, 3.8) is 0 Å². The Bertz CT molecular complexity index is 4250. The fourth-order valence-electron chi connectivity index (χ4n) is 10.3. The Labute approximate surface area is 396 Å². The van der Waals surface area contributed by atoms with E-state index in [0.717, 1.165) is 99.5 Å². The molecule has 0 unspecified atom stereocenters. The molecule has 4 aromatic heterocycles. The molecule has 0 aliphatic carbocycles. The van der Waals surface area contributed by atoms with Crippen LogP contribution in [-0.2, 0) is 0 Å². The third-order valence-corrected chi connectivity index (χ3v) is 13.5. The first-order valence-electron chi connectivity index (χ1n) is 23.2. The zero-order valence-electron chi connectivity index (χ0n) is 37.0. The van der Waals surface area contributed by atoms with Crippen molar-refractivity contribution in [1.29, 1.82) is 0 Å². The van der Waals surface area contributed by atoms with Crippen LogP contribution in [0, 0.1) is 0 Å². The Kier molecular flexibility index (Phi) is 8.79. The van der Waals surface area contributed by atoms with Gasteiger partial charge in [-0.25, -0.2) is 15.0 Å². The van der Waals surface area contributed by atoms with E-state index >= 15 is 0 Å². The van der Waals surface area contributed by atoms with Gasteiger partial charge in [-0.3, -0.25) is 0 Å². The van der Waals surface area contributed by atoms with Crippen molar-refractivity contribution in [3.8, 4) is 73.2 Å². The number of aromatic nitrogens is 4. The van der Waals surface area contributed by atoms with Crippen molar-refractivity contribution >= 4 is 65.7 Å². The van der Waals surface area contributed by atoms with Crippen LogP contribution in [-0.4, -0.2) is 19.5 Å². The van der Waals surface area contributed by atoms with Gasteiger partial charge in [-0.05, 0) is 88.5 Å². The highest BCUT2D eigenvalue weighted by Crippen LogP contribution is 2.45. The van der Waals surface area contributed by atoms with Gasteiger partial charge in [0.25, 0.3) is 0 Å². The van der Waals surface area contributed by atoms with E-state index in [0.29, 0.717) is 17.5 Å². The standard InChI is InChI=1S/C63H38N4O2/c1-4-16-39(17-5-1)42-31-35-53-51(37-42)48-24-10-12-26-52(48)67(53)54-27-15-29-56-59(54)50-32-30-44(38-57(50)68-56)47-34-33-46(58-49-25-11-13-28-55(49)69-60(47)58)43-22-14-23-45(36-43)63-65-61(40-18-6-2-7-19-40)64-62(66-63)41-20-8-3-9-21-41/h1-38H. The topological polar surface area (TPSA) is 69.9 Å².